The van der Waals surface area contributed by atoms with Crippen molar-refractivity contribution in [2.24, 2.45) is 5.92 Å². The second-order valence-corrected chi connectivity index (χ2v) is 3.10. The van der Waals surface area contributed by atoms with Crippen LogP contribution < -0.4 is 0 Å². The van der Waals surface area contributed by atoms with Gasteiger partial charge in [0.1, 0.15) is 0 Å². The van der Waals surface area contributed by atoms with Gasteiger partial charge in [0, 0.05) is 0 Å². The molecule has 1 unspecified atom stereocenters. The lowest BCUT2D eigenvalue weighted by atomic mass is 10.0. The summed E-state index contributed by atoms with van der Waals surface area (Å²) in [6.45, 7) is 2.24. The lowest BCUT2D eigenvalue weighted by molar-refractivity contribution is 0.907. The van der Waals surface area contributed by atoms with E-state index in [2.05, 4.69) is 43.4 Å². The molecule has 1 atom stereocenters. The van der Waals surface area contributed by atoms with Crippen LogP contribution >= 0.6 is 0 Å². The Balaban J connectivity index is 2.43. The molecule has 0 aromatic rings. The van der Waals surface area contributed by atoms with Gasteiger partial charge < -0.3 is 0 Å². The van der Waals surface area contributed by atoms with E-state index in [0.717, 1.165) is 6.42 Å². The van der Waals surface area contributed by atoms with Crippen molar-refractivity contribution < 1.29 is 0 Å². The standard InChI is InChI=1S/C11H12/c1-9-7-8-10-5-3-2-4-6-11(9)10/h3-9H,2H2,1H3. The molecule has 11 heavy (non-hydrogen) atoms. The summed E-state index contributed by atoms with van der Waals surface area (Å²) in [6.07, 6.45) is 14.4. The van der Waals surface area contributed by atoms with E-state index in [1.807, 2.05) is 0 Å². The maximum Gasteiger partial charge on any atom is -0.000129 e. The SMILES string of the molecule is CC1C=CC2=C1C=CCC=C2. The first-order valence-corrected chi connectivity index (χ1v) is 4.13. The van der Waals surface area contributed by atoms with Crippen molar-refractivity contribution in [3.63, 3.8) is 0 Å². The summed E-state index contributed by atoms with van der Waals surface area (Å²) < 4.78 is 0. The van der Waals surface area contributed by atoms with Gasteiger partial charge in [-0.15, -0.1) is 0 Å². The largest absolute Gasteiger partial charge is 0.0804 e. The first-order valence-electron chi connectivity index (χ1n) is 4.13. The van der Waals surface area contributed by atoms with Crippen LogP contribution in [0.25, 0.3) is 0 Å². The summed E-state index contributed by atoms with van der Waals surface area (Å²) >= 11 is 0. The average molecular weight is 144 g/mol. The Labute approximate surface area is 67.6 Å². The molecule has 0 nitrogen and oxygen atoms in total. The van der Waals surface area contributed by atoms with Gasteiger partial charge in [-0.2, -0.15) is 0 Å². The molecule has 0 aromatic carbocycles. The van der Waals surface area contributed by atoms with Crippen LogP contribution in [0.1, 0.15) is 13.3 Å². The minimum atomic E-state index is 0.615. The number of hydrogen-bond acceptors (Lipinski definition) is 0. The number of allylic oxidation sites excluding steroid dienone is 8. The van der Waals surface area contributed by atoms with Crippen LogP contribution in [-0.2, 0) is 0 Å². The monoisotopic (exact) mass is 144 g/mol. The highest BCUT2D eigenvalue weighted by Crippen LogP contribution is 2.28. The van der Waals surface area contributed by atoms with Crippen LogP contribution in [0.5, 0.6) is 0 Å². The molecule has 56 valence electrons. The van der Waals surface area contributed by atoms with Gasteiger partial charge in [0.25, 0.3) is 0 Å². The minimum Gasteiger partial charge on any atom is -0.0804 e. The zero-order chi connectivity index (χ0) is 7.68. The topological polar surface area (TPSA) is 0 Å². The van der Waals surface area contributed by atoms with Crippen LogP contribution in [0, 0.1) is 5.92 Å². The maximum absolute atomic E-state index is 2.25. The fraction of sp³-hybridized carbons (Fsp3) is 0.273. The molecular weight excluding hydrogens is 132 g/mol. The Morgan fingerprint density at radius 3 is 2.91 bits per heavy atom. The van der Waals surface area contributed by atoms with E-state index in [9.17, 15) is 0 Å². The van der Waals surface area contributed by atoms with E-state index in [0.29, 0.717) is 5.92 Å². The fourth-order valence-electron chi connectivity index (χ4n) is 1.58. The third-order valence-electron chi connectivity index (χ3n) is 2.26. The van der Waals surface area contributed by atoms with Crippen molar-refractivity contribution in [1.82, 2.24) is 0 Å². The smallest absolute Gasteiger partial charge is 0.000129 e. The number of rotatable bonds is 0. The highest BCUT2D eigenvalue weighted by atomic mass is 14.2. The van der Waals surface area contributed by atoms with Crippen LogP contribution in [0.15, 0.2) is 47.6 Å². The third kappa shape index (κ3) is 1.09. The zero-order valence-electron chi connectivity index (χ0n) is 6.75. The molecule has 0 aromatic heterocycles. The summed E-state index contributed by atoms with van der Waals surface area (Å²) in [4.78, 5) is 0. The van der Waals surface area contributed by atoms with Crippen molar-refractivity contribution in [1.29, 1.82) is 0 Å². The Kier molecular flexibility index (Phi) is 1.54. The van der Waals surface area contributed by atoms with E-state index >= 15 is 0 Å². The second kappa shape index (κ2) is 2.54. The predicted molar refractivity (Wildman–Crippen MR) is 48.2 cm³/mol. The molecule has 0 bridgehead atoms. The fourth-order valence-corrected chi connectivity index (χ4v) is 1.58. The molecule has 0 heteroatoms. The first kappa shape index (κ1) is 6.66. The van der Waals surface area contributed by atoms with Gasteiger partial charge in [0.2, 0.25) is 0 Å². The zero-order valence-corrected chi connectivity index (χ0v) is 6.75. The summed E-state index contributed by atoms with van der Waals surface area (Å²) in [5.74, 6) is 0.615. The van der Waals surface area contributed by atoms with Crippen LogP contribution in [0.4, 0.5) is 0 Å². The van der Waals surface area contributed by atoms with Gasteiger partial charge in [-0.1, -0.05) is 43.4 Å². The van der Waals surface area contributed by atoms with Crippen molar-refractivity contribution in [3.05, 3.63) is 47.6 Å². The van der Waals surface area contributed by atoms with Crippen molar-refractivity contribution >= 4 is 0 Å². The molecule has 0 amide bonds. The van der Waals surface area contributed by atoms with Crippen LogP contribution in [0.3, 0.4) is 0 Å². The normalized spacial score (nSPS) is 27.5. The third-order valence-corrected chi connectivity index (χ3v) is 2.26. The van der Waals surface area contributed by atoms with E-state index in [-0.39, 0.29) is 0 Å². The Morgan fingerprint density at radius 2 is 2.00 bits per heavy atom. The number of hydrogen-bond donors (Lipinski definition) is 0. The lowest BCUT2D eigenvalue weighted by Crippen LogP contribution is -1.88. The van der Waals surface area contributed by atoms with Gasteiger partial charge in [-0.3, -0.25) is 0 Å². The molecule has 0 N–H and O–H groups in total. The second-order valence-electron chi connectivity index (χ2n) is 3.10. The highest BCUT2D eigenvalue weighted by molar-refractivity contribution is 5.49. The van der Waals surface area contributed by atoms with Gasteiger partial charge in [0.15, 0.2) is 0 Å². The molecule has 0 saturated heterocycles. The molecule has 0 fully saturated rings. The molecule has 0 heterocycles. The van der Waals surface area contributed by atoms with Gasteiger partial charge >= 0.3 is 0 Å². The summed E-state index contributed by atoms with van der Waals surface area (Å²) in [7, 11) is 0. The van der Waals surface area contributed by atoms with Gasteiger partial charge in [-0.25, -0.2) is 0 Å². The Bertz CT molecular complexity index is 274. The predicted octanol–water partition coefficient (Wildman–Crippen LogP) is 3.01. The van der Waals surface area contributed by atoms with Crippen LogP contribution in [-0.4, -0.2) is 0 Å². The summed E-state index contributed by atoms with van der Waals surface area (Å²) in [6, 6.07) is 0. The molecule has 2 aliphatic carbocycles. The van der Waals surface area contributed by atoms with Crippen molar-refractivity contribution in [3.8, 4) is 0 Å². The molecule has 0 radical (unpaired) electrons. The van der Waals surface area contributed by atoms with Crippen molar-refractivity contribution in [2.45, 2.75) is 13.3 Å². The molecule has 0 spiro atoms. The van der Waals surface area contributed by atoms with Crippen LogP contribution in [0.2, 0.25) is 0 Å². The van der Waals surface area contributed by atoms with Gasteiger partial charge in [0.05, 0.1) is 0 Å². The van der Waals surface area contributed by atoms with E-state index < -0.39 is 0 Å². The molecule has 0 saturated carbocycles. The summed E-state index contributed by atoms with van der Waals surface area (Å²) in [5.41, 5.74) is 2.87. The molecule has 2 rings (SSSR count). The molecule has 0 aliphatic heterocycles. The lowest BCUT2D eigenvalue weighted by Gasteiger charge is -2.02. The van der Waals surface area contributed by atoms with E-state index in [1.54, 1.807) is 0 Å². The quantitative estimate of drug-likeness (QED) is 0.490. The first-order chi connectivity index (χ1) is 5.38. The van der Waals surface area contributed by atoms with E-state index in [4.69, 9.17) is 0 Å². The van der Waals surface area contributed by atoms with E-state index in [1.165, 1.54) is 11.1 Å². The maximum atomic E-state index is 2.25. The van der Waals surface area contributed by atoms with Crippen molar-refractivity contribution in [2.75, 3.05) is 0 Å². The highest BCUT2D eigenvalue weighted by Gasteiger charge is 2.12. The van der Waals surface area contributed by atoms with Gasteiger partial charge in [-0.05, 0) is 23.5 Å². The molecule has 2 aliphatic rings. The average Bonchev–Trinajstić information content (AvgIpc) is 2.25. The Morgan fingerprint density at radius 1 is 1.18 bits per heavy atom. The summed E-state index contributed by atoms with van der Waals surface area (Å²) in [5, 5.41) is 0. The minimum absolute atomic E-state index is 0.615. The molecular formula is C11H12. The Hall–Kier alpha value is -1.04.